The standard InChI is InChI=1S/C32H32N4O4/c1-5-19-40-26-18-17-23(20-27(26)39-6-2)30(28-21(3)33-35(31(28)37)24-13-9-7-10-14-24)29-22(4)34-36(32(29)38)25-15-11-8-12-16-25/h5,7-18,20,30,33-34H,1,6,19H2,2-4H3. The summed E-state index contributed by atoms with van der Waals surface area (Å²) in [5.74, 6) is 0.402. The molecule has 0 fully saturated rings. The number of hydrogen-bond acceptors (Lipinski definition) is 4. The van der Waals surface area contributed by atoms with Crippen LogP contribution in [-0.4, -0.2) is 32.8 Å². The lowest BCUT2D eigenvalue weighted by Gasteiger charge is -2.19. The summed E-state index contributed by atoms with van der Waals surface area (Å²) >= 11 is 0. The molecule has 0 aliphatic carbocycles. The smallest absolute Gasteiger partial charge is 0.275 e. The lowest BCUT2D eigenvalue weighted by molar-refractivity contribution is 0.296. The van der Waals surface area contributed by atoms with Gasteiger partial charge in [-0.2, -0.15) is 0 Å². The van der Waals surface area contributed by atoms with Gasteiger partial charge in [-0.25, -0.2) is 9.36 Å². The van der Waals surface area contributed by atoms with Gasteiger partial charge in [-0.1, -0.05) is 55.1 Å². The maximum atomic E-state index is 14.0. The number of aromatic nitrogens is 4. The van der Waals surface area contributed by atoms with Gasteiger partial charge in [-0.15, -0.1) is 0 Å². The van der Waals surface area contributed by atoms with Gasteiger partial charge in [-0.05, 0) is 62.7 Å². The van der Waals surface area contributed by atoms with Gasteiger partial charge in [0.15, 0.2) is 11.5 Å². The largest absolute Gasteiger partial charge is 0.490 e. The summed E-state index contributed by atoms with van der Waals surface area (Å²) in [4.78, 5) is 28.1. The van der Waals surface area contributed by atoms with Gasteiger partial charge >= 0.3 is 0 Å². The number of nitrogens with zero attached hydrogens (tertiary/aromatic N) is 2. The molecule has 5 rings (SSSR count). The van der Waals surface area contributed by atoms with Crippen molar-refractivity contribution >= 4 is 0 Å². The Kier molecular flexibility index (Phi) is 7.59. The van der Waals surface area contributed by atoms with E-state index in [4.69, 9.17) is 9.47 Å². The van der Waals surface area contributed by atoms with E-state index in [1.807, 2.05) is 99.6 Å². The molecule has 204 valence electrons. The Balaban J connectivity index is 1.76. The molecule has 8 nitrogen and oxygen atoms in total. The number of nitrogens with one attached hydrogen (secondary N) is 2. The highest BCUT2D eigenvalue weighted by molar-refractivity contribution is 5.52. The highest BCUT2D eigenvalue weighted by Crippen LogP contribution is 2.37. The van der Waals surface area contributed by atoms with E-state index in [1.54, 1.807) is 6.08 Å². The van der Waals surface area contributed by atoms with Gasteiger partial charge in [0.25, 0.3) is 11.1 Å². The van der Waals surface area contributed by atoms with Crippen LogP contribution in [0.4, 0.5) is 0 Å². The Morgan fingerprint density at radius 2 is 1.30 bits per heavy atom. The molecule has 2 heterocycles. The average molecular weight is 537 g/mol. The summed E-state index contributed by atoms with van der Waals surface area (Å²) < 4.78 is 14.8. The van der Waals surface area contributed by atoms with Gasteiger partial charge in [-0.3, -0.25) is 19.8 Å². The summed E-state index contributed by atoms with van der Waals surface area (Å²) in [6.07, 6.45) is 1.66. The minimum Gasteiger partial charge on any atom is -0.490 e. The summed E-state index contributed by atoms with van der Waals surface area (Å²) in [6, 6.07) is 24.3. The summed E-state index contributed by atoms with van der Waals surface area (Å²) in [5.41, 5.74) is 3.96. The van der Waals surface area contributed by atoms with E-state index in [0.29, 0.717) is 58.6 Å². The van der Waals surface area contributed by atoms with Crippen molar-refractivity contribution in [1.29, 1.82) is 0 Å². The van der Waals surface area contributed by atoms with Crippen molar-refractivity contribution in [3.8, 4) is 22.9 Å². The van der Waals surface area contributed by atoms with Gasteiger partial charge in [0.05, 0.1) is 29.1 Å². The lowest BCUT2D eigenvalue weighted by Crippen LogP contribution is -2.25. The van der Waals surface area contributed by atoms with Crippen LogP contribution < -0.4 is 20.6 Å². The number of para-hydroxylation sites is 2. The summed E-state index contributed by atoms with van der Waals surface area (Å²) in [7, 11) is 0. The molecule has 0 bridgehead atoms. The fourth-order valence-electron chi connectivity index (χ4n) is 5.03. The third kappa shape index (κ3) is 4.91. The second kappa shape index (κ2) is 11.4. The molecular weight excluding hydrogens is 504 g/mol. The molecule has 0 aliphatic heterocycles. The Bertz CT molecular complexity index is 1650. The first-order valence-corrected chi connectivity index (χ1v) is 13.2. The fourth-order valence-corrected chi connectivity index (χ4v) is 5.03. The third-order valence-electron chi connectivity index (χ3n) is 6.80. The monoisotopic (exact) mass is 536 g/mol. The first kappa shape index (κ1) is 26.6. The van der Waals surface area contributed by atoms with Gasteiger partial charge < -0.3 is 9.47 Å². The number of hydrogen-bond donors (Lipinski definition) is 2. The molecule has 0 saturated carbocycles. The van der Waals surface area contributed by atoms with Crippen LogP contribution in [0.3, 0.4) is 0 Å². The van der Waals surface area contributed by atoms with E-state index >= 15 is 0 Å². The minimum absolute atomic E-state index is 0.232. The minimum atomic E-state index is -0.685. The molecule has 2 aromatic heterocycles. The van der Waals surface area contributed by atoms with Crippen LogP contribution in [0.2, 0.25) is 0 Å². The molecule has 0 spiro atoms. The van der Waals surface area contributed by atoms with Crippen LogP contribution in [-0.2, 0) is 0 Å². The van der Waals surface area contributed by atoms with Crippen molar-refractivity contribution in [1.82, 2.24) is 19.6 Å². The normalized spacial score (nSPS) is 11.1. The SMILES string of the molecule is C=CCOc1ccc(C(c2c(C)[nH]n(-c3ccccc3)c2=O)c2c(C)[nH]n(-c3ccccc3)c2=O)cc1OCC. The highest BCUT2D eigenvalue weighted by atomic mass is 16.5. The van der Waals surface area contributed by atoms with Crippen molar-refractivity contribution in [3.05, 3.63) is 140 Å². The lowest BCUT2D eigenvalue weighted by atomic mass is 9.85. The number of H-pyrrole nitrogens is 2. The van der Waals surface area contributed by atoms with Crippen molar-refractivity contribution in [3.63, 3.8) is 0 Å². The highest BCUT2D eigenvalue weighted by Gasteiger charge is 2.31. The summed E-state index contributed by atoms with van der Waals surface area (Å²) in [6.45, 7) is 10.1. The zero-order chi connectivity index (χ0) is 28.2. The Labute approximate surface area is 232 Å². The van der Waals surface area contributed by atoms with E-state index in [-0.39, 0.29) is 11.1 Å². The average Bonchev–Trinajstić information content (AvgIpc) is 3.44. The molecule has 0 radical (unpaired) electrons. The first-order valence-electron chi connectivity index (χ1n) is 13.2. The van der Waals surface area contributed by atoms with Crippen molar-refractivity contribution in [2.75, 3.05) is 13.2 Å². The van der Waals surface area contributed by atoms with Crippen molar-refractivity contribution in [2.24, 2.45) is 0 Å². The molecule has 0 saturated heterocycles. The Hall–Kier alpha value is -4.98. The number of rotatable bonds is 10. The van der Waals surface area contributed by atoms with E-state index in [9.17, 15) is 9.59 Å². The quantitative estimate of drug-likeness (QED) is 0.234. The Morgan fingerprint density at radius 1 is 0.775 bits per heavy atom. The van der Waals surface area contributed by atoms with Crippen molar-refractivity contribution < 1.29 is 9.47 Å². The number of aromatic amines is 2. The van der Waals surface area contributed by atoms with E-state index in [0.717, 1.165) is 5.56 Å². The van der Waals surface area contributed by atoms with E-state index < -0.39 is 5.92 Å². The zero-order valence-corrected chi connectivity index (χ0v) is 22.8. The molecule has 0 aliphatic rings. The molecule has 2 N–H and O–H groups in total. The van der Waals surface area contributed by atoms with Crippen LogP contribution in [0.15, 0.2) is 101 Å². The molecule has 0 atom stereocenters. The van der Waals surface area contributed by atoms with E-state index in [1.165, 1.54) is 9.36 Å². The number of aryl methyl sites for hydroxylation is 2. The van der Waals surface area contributed by atoms with Gasteiger partial charge in [0, 0.05) is 17.3 Å². The first-order chi connectivity index (χ1) is 19.4. The number of benzene rings is 3. The van der Waals surface area contributed by atoms with Crippen LogP contribution >= 0.6 is 0 Å². The van der Waals surface area contributed by atoms with Gasteiger partial charge in [0.1, 0.15) is 6.61 Å². The van der Waals surface area contributed by atoms with Crippen LogP contribution in [0, 0.1) is 13.8 Å². The molecule has 0 amide bonds. The Morgan fingerprint density at radius 3 is 1.77 bits per heavy atom. The van der Waals surface area contributed by atoms with Crippen LogP contribution in [0.1, 0.15) is 40.9 Å². The third-order valence-corrected chi connectivity index (χ3v) is 6.80. The zero-order valence-electron chi connectivity index (χ0n) is 22.8. The second-order valence-corrected chi connectivity index (χ2v) is 9.43. The maximum absolute atomic E-state index is 14.0. The topological polar surface area (TPSA) is 94.0 Å². The van der Waals surface area contributed by atoms with Crippen molar-refractivity contribution in [2.45, 2.75) is 26.7 Å². The summed E-state index contributed by atoms with van der Waals surface area (Å²) in [5, 5.41) is 6.45. The molecule has 0 unspecified atom stereocenters. The molecule has 3 aromatic carbocycles. The van der Waals surface area contributed by atoms with Crippen LogP contribution in [0.5, 0.6) is 11.5 Å². The number of ether oxygens (including phenoxy) is 2. The maximum Gasteiger partial charge on any atom is 0.275 e. The predicted octanol–water partition coefficient (Wildman–Crippen LogP) is 5.41. The molecule has 8 heteroatoms. The molecular formula is C32H32N4O4. The van der Waals surface area contributed by atoms with Crippen LogP contribution in [0.25, 0.3) is 11.4 Å². The second-order valence-electron chi connectivity index (χ2n) is 9.43. The van der Waals surface area contributed by atoms with Gasteiger partial charge in [0.2, 0.25) is 0 Å². The molecule has 5 aromatic rings. The van der Waals surface area contributed by atoms with E-state index in [2.05, 4.69) is 16.8 Å². The predicted molar refractivity (Wildman–Crippen MR) is 157 cm³/mol. The molecule has 40 heavy (non-hydrogen) atoms. The fraction of sp³-hybridized carbons (Fsp3) is 0.188.